The van der Waals surface area contributed by atoms with Crippen molar-refractivity contribution >= 4 is 17.5 Å². The average molecular weight is 338 g/mol. The molecule has 0 aliphatic rings. The zero-order chi connectivity index (χ0) is 17.5. The van der Waals surface area contributed by atoms with Crippen LogP contribution in [-0.4, -0.2) is 23.6 Å². The summed E-state index contributed by atoms with van der Waals surface area (Å²) in [4.78, 5) is 8.53. The molecular formula is C19H19FN4O. The van der Waals surface area contributed by atoms with E-state index in [0.717, 1.165) is 12.2 Å². The molecule has 0 aliphatic heterocycles. The van der Waals surface area contributed by atoms with Crippen molar-refractivity contribution < 1.29 is 9.13 Å². The standard InChI is InChI=1S/C19H19FN4O/c1-25-15-8-6-14(7-9-15)10-12-21-19-22-13-11-18(24-19)23-17-5-3-2-4-16(17)20/h2-9,11,13H,10,12H2,1H3,(H2,21,22,23,24). The van der Waals surface area contributed by atoms with Crippen LogP contribution >= 0.6 is 0 Å². The van der Waals surface area contributed by atoms with Crippen LogP contribution in [0.3, 0.4) is 0 Å². The van der Waals surface area contributed by atoms with Gasteiger partial charge in [-0.25, -0.2) is 9.37 Å². The normalized spacial score (nSPS) is 10.3. The van der Waals surface area contributed by atoms with Gasteiger partial charge in [0.1, 0.15) is 17.4 Å². The second kappa shape index (κ2) is 8.10. The molecule has 0 aliphatic carbocycles. The first-order chi connectivity index (χ1) is 12.2. The Morgan fingerprint density at radius 3 is 2.60 bits per heavy atom. The van der Waals surface area contributed by atoms with Gasteiger partial charge in [-0.2, -0.15) is 4.98 Å². The van der Waals surface area contributed by atoms with Gasteiger partial charge in [-0.3, -0.25) is 0 Å². The van der Waals surface area contributed by atoms with E-state index in [4.69, 9.17) is 4.74 Å². The number of para-hydroxylation sites is 1. The molecule has 0 fully saturated rings. The Kier molecular flexibility index (Phi) is 5.41. The summed E-state index contributed by atoms with van der Waals surface area (Å²) in [7, 11) is 1.65. The first-order valence-electron chi connectivity index (χ1n) is 7.96. The number of hydrogen-bond donors (Lipinski definition) is 2. The Hall–Kier alpha value is -3.15. The van der Waals surface area contributed by atoms with Crippen LogP contribution < -0.4 is 15.4 Å². The maximum absolute atomic E-state index is 13.7. The number of nitrogens with one attached hydrogen (secondary N) is 2. The van der Waals surface area contributed by atoms with E-state index in [0.29, 0.717) is 24.0 Å². The van der Waals surface area contributed by atoms with E-state index >= 15 is 0 Å². The summed E-state index contributed by atoms with van der Waals surface area (Å²) in [6.07, 6.45) is 2.46. The zero-order valence-corrected chi connectivity index (χ0v) is 13.9. The van der Waals surface area contributed by atoms with Crippen molar-refractivity contribution in [2.75, 3.05) is 24.3 Å². The summed E-state index contributed by atoms with van der Waals surface area (Å²) in [5, 5.41) is 6.13. The summed E-state index contributed by atoms with van der Waals surface area (Å²) in [6, 6.07) is 16.1. The van der Waals surface area contributed by atoms with Crippen LogP contribution in [0.2, 0.25) is 0 Å². The van der Waals surface area contributed by atoms with Crippen LogP contribution in [0.5, 0.6) is 5.75 Å². The average Bonchev–Trinajstić information content (AvgIpc) is 2.65. The molecule has 2 N–H and O–H groups in total. The molecular weight excluding hydrogens is 319 g/mol. The fourth-order valence-corrected chi connectivity index (χ4v) is 2.32. The number of methoxy groups -OCH3 is 1. The first-order valence-corrected chi connectivity index (χ1v) is 7.96. The molecule has 2 aromatic carbocycles. The lowest BCUT2D eigenvalue weighted by Crippen LogP contribution is -2.08. The fraction of sp³-hybridized carbons (Fsp3) is 0.158. The van der Waals surface area contributed by atoms with Crippen LogP contribution in [0.4, 0.5) is 21.8 Å². The molecule has 0 bridgehead atoms. The second-order valence-corrected chi connectivity index (χ2v) is 5.40. The SMILES string of the molecule is COc1ccc(CCNc2nccc(Nc3ccccc3F)n2)cc1. The highest BCUT2D eigenvalue weighted by atomic mass is 19.1. The number of nitrogens with zero attached hydrogens (tertiary/aromatic N) is 2. The second-order valence-electron chi connectivity index (χ2n) is 5.40. The number of halogens is 1. The van der Waals surface area contributed by atoms with Gasteiger partial charge in [0, 0.05) is 12.7 Å². The van der Waals surface area contributed by atoms with Crippen LogP contribution in [0.15, 0.2) is 60.8 Å². The van der Waals surface area contributed by atoms with Crippen molar-refractivity contribution in [3.05, 3.63) is 72.2 Å². The largest absolute Gasteiger partial charge is 0.497 e. The van der Waals surface area contributed by atoms with Gasteiger partial charge in [-0.15, -0.1) is 0 Å². The molecule has 6 heteroatoms. The summed E-state index contributed by atoms with van der Waals surface area (Å²) in [6.45, 7) is 0.690. The molecule has 1 aromatic heterocycles. The van der Waals surface area contributed by atoms with Crippen molar-refractivity contribution in [2.45, 2.75) is 6.42 Å². The third kappa shape index (κ3) is 4.67. The highest BCUT2D eigenvalue weighted by Crippen LogP contribution is 2.18. The smallest absolute Gasteiger partial charge is 0.224 e. The lowest BCUT2D eigenvalue weighted by Gasteiger charge is -2.09. The Morgan fingerprint density at radius 2 is 1.84 bits per heavy atom. The van der Waals surface area contributed by atoms with Gasteiger partial charge in [0.25, 0.3) is 0 Å². The number of benzene rings is 2. The minimum atomic E-state index is -0.324. The third-order valence-electron chi connectivity index (χ3n) is 3.65. The molecule has 0 atom stereocenters. The topological polar surface area (TPSA) is 59.1 Å². The minimum absolute atomic E-state index is 0.324. The van der Waals surface area contributed by atoms with E-state index in [1.54, 1.807) is 37.6 Å². The molecule has 3 aromatic rings. The van der Waals surface area contributed by atoms with Gasteiger partial charge in [0.2, 0.25) is 5.95 Å². The monoisotopic (exact) mass is 338 g/mol. The van der Waals surface area contributed by atoms with Gasteiger partial charge in [0.05, 0.1) is 12.8 Å². The van der Waals surface area contributed by atoms with E-state index in [2.05, 4.69) is 20.6 Å². The maximum Gasteiger partial charge on any atom is 0.224 e. The molecule has 25 heavy (non-hydrogen) atoms. The fourth-order valence-electron chi connectivity index (χ4n) is 2.32. The number of anilines is 3. The summed E-state index contributed by atoms with van der Waals surface area (Å²) in [5.74, 6) is 1.55. The molecule has 0 saturated heterocycles. The summed E-state index contributed by atoms with van der Waals surface area (Å²) < 4.78 is 18.8. The molecule has 0 radical (unpaired) electrons. The molecule has 0 saturated carbocycles. The zero-order valence-electron chi connectivity index (χ0n) is 13.9. The van der Waals surface area contributed by atoms with Gasteiger partial charge in [0.15, 0.2) is 0 Å². The van der Waals surface area contributed by atoms with E-state index in [-0.39, 0.29) is 5.82 Å². The number of hydrogen-bond acceptors (Lipinski definition) is 5. The molecule has 5 nitrogen and oxygen atoms in total. The van der Waals surface area contributed by atoms with Gasteiger partial charge >= 0.3 is 0 Å². The number of aromatic nitrogens is 2. The minimum Gasteiger partial charge on any atom is -0.497 e. The number of rotatable bonds is 7. The molecule has 3 rings (SSSR count). The van der Waals surface area contributed by atoms with Crippen molar-refractivity contribution in [3.63, 3.8) is 0 Å². The maximum atomic E-state index is 13.7. The Balaban J connectivity index is 1.57. The predicted molar refractivity (Wildman–Crippen MR) is 96.9 cm³/mol. The van der Waals surface area contributed by atoms with Gasteiger partial charge < -0.3 is 15.4 Å². The van der Waals surface area contributed by atoms with E-state index < -0.39 is 0 Å². The van der Waals surface area contributed by atoms with Gasteiger partial charge in [-0.05, 0) is 42.3 Å². The third-order valence-corrected chi connectivity index (χ3v) is 3.65. The van der Waals surface area contributed by atoms with Crippen LogP contribution in [0, 0.1) is 5.82 Å². The Morgan fingerprint density at radius 1 is 1.04 bits per heavy atom. The lowest BCUT2D eigenvalue weighted by atomic mass is 10.1. The van der Waals surface area contributed by atoms with E-state index in [1.165, 1.54) is 11.6 Å². The molecule has 0 amide bonds. The van der Waals surface area contributed by atoms with Crippen LogP contribution in [0.25, 0.3) is 0 Å². The molecule has 0 spiro atoms. The summed E-state index contributed by atoms with van der Waals surface area (Å²) in [5.41, 5.74) is 1.57. The summed E-state index contributed by atoms with van der Waals surface area (Å²) >= 11 is 0. The number of ether oxygens (including phenoxy) is 1. The van der Waals surface area contributed by atoms with Crippen LogP contribution in [-0.2, 0) is 6.42 Å². The first kappa shape index (κ1) is 16.7. The van der Waals surface area contributed by atoms with E-state index in [9.17, 15) is 4.39 Å². The predicted octanol–water partition coefficient (Wildman–Crippen LogP) is 4.02. The quantitative estimate of drug-likeness (QED) is 0.681. The molecule has 0 unspecified atom stereocenters. The van der Waals surface area contributed by atoms with Crippen molar-refractivity contribution in [3.8, 4) is 5.75 Å². The van der Waals surface area contributed by atoms with Crippen molar-refractivity contribution in [2.24, 2.45) is 0 Å². The Labute approximate surface area is 145 Å². The Bertz CT molecular complexity index is 824. The highest BCUT2D eigenvalue weighted by molar-refractivity contribution is 5.57. The van der Waals surface area contributed by atoms with Crippen molar-refractivity contribution in [1.82, 2.24) is 9.97 Å². The lowest BCUT2D eigenvalue weighted by molar-refractivity contribution is 0.414. The molecule has 128 valence electrons. The van der Waals surface area contributed by atoms with Gasteiger partial charge in [-0.1, -0.05) is 24.3 Å². The van der Waals surface area contributed by atoms with E-state index in [1.807, 2.05) is 24.3 Å². The molecule has 1 heterocycles. The van der Waals surface area contributed by atoms with Crippen LogP contribution in [0.1, 0.15) is 5.56 Å². The van der Waals surface area contributed by atoms with Crippen molar-refractivity contribution in [1.29, 1.82) is 0 Å². The highest BCUT2D eigenvalue weighted by Gasteiger charge is 2.03.